The first-order chi connectivity index (χ1) is 7.61. The molecule has 1 aromatic heterocycles. The molecule has 16 heavy (non-hydrogen) atoms. The van der Waals surface area contributed by atoms with Crippen LogP contribution in [-0.2, 0) is 9.53 Å². The molecule has 6 heteroatoms. The van der Waals surface area contributed by atoms with Gasteiger partial charge in [0.1, 0.15) is 6.04 Å². The molecule has 0 saturated heterocycles. The molecular weight excluding hydrogens is 212 g/mol. The Bertz CT molecular complexity index is 584. The molecule has 1 aromatic carbocycles. The molecule has 3 N–H and O–H groups in total. The van der Waals surface area contributed by atoms with Crippen LogP contribution in [0, 0.1) is 0 Å². The van der Waals surface area contributed by atoms with Crippen molar-refractivity contribution in [1.29, 1.82) is 0 Å². The second-order valence-corrected chi connectivity index (χ2v) is 3.27. The molecule has 1 heterocycles. The Balaban J connectivity index is 2.46. The summed E-state index contributed by atoms with van der Waals surface area (Å²) in [6, 6.07) is 3.91. The van der Waals surface area contributed by atoms with E-state index in [1.165, 1.54) is 13.2 Å². The zero-order valence-corrected chi connectivity index (χ0v) is 8.52. The zero-order valence-electron chi connectivity index (χ0n) is 8.52. The lowest BCUT2D eigenvalue weighted by molar-refractivity contribution is -0.142. The van der Waals surface area contributed by atoms with Crippen molar-refractivity contribution >= 4 is 17.1 Å². The zero-order chi connectivity index (χ0) is 11.7. The molecule has 0 bridgehead atoms. The fourth-order valence-corrected chi connectivity index (χ4v) is 1.42. The van der Waals surface area contributed by atoms with Gasteiger partial charge in [-0.3, -0.25) is 9.78 Å². The number of benzene rings is 1. The van der Waals surface area contributed by atoms with Gasteiger partial charge in [0.05, 0.1) is 12.6 Å². The van der Waals surface area contributed by atoms with Gasteiger partial charge in [0.25, 0.3) is 0 Å². The van der Waals surface area contributed by atoms with Crippen molar-refractivity contribution < 1.29 is 13.9 Å². The van der Waals surface area contributed by atoms with Gasteiger partial charge in [-0.05, 0) is 17.7 Å². The SMILES string of the molecule is COC(=O)C(N)c1ccc2[nH]c(=O)oc2c1. The number of ether oxygens (including phenoxy) is 1. The summed E-state index contributed by atoms with van der Waals surface area (Å²) in [6.07, 6.45) is 0. The van der Waals surface area contributed by atoms with E-state index in [1.807, 2.05) is 0 Å². The van der Waals surface area contributed by atoms with Crippen LogP contribution in [0.25, 0.3) is 11.1 Å². The maximum atomic E-state index is 11.2. The van der Waals surface area contributed by atoms with E-state index >= 15 is 0 Å². The average molecular weight is 222 g/mol. The third kappa shape index (κ3) is 1.70. The van der Waals surface area contributed by atoms with Crippen molar-refractivity contribution in [2.75, 3.05) is 7.11 Å². The topological polar surface area (TPSA) is 98.3 Å². The third-order valence-electron chi connectivity index (χ3n) is 2.26. The van der Waals surface area contributed by atoms with Crippen molar-refractivity contribution in [1.82, 2.24) is 4.98 Å². The normalized spacial score (nSPS) is 12.6. The number of methoxy groups -OCH3 is 1. The summed E-state index contributed by atoms with van der Waals surface area (Å²) in [4.78, 5) is 24.6. The van der Waals surface area contributed by atoms with Crippen molar-refractivity contribution in [2.45, 2.75) is 6.04 Å². The summed E-state index contributed by atoms with van der Waals surface area (Å²) in [7, 11) is 1.26. The summed E-state index contributed by atoms with van der Waals surface area (Å²) < 4.78 is 9.37. The monoisotopic (exact) mass is 222 g/mol. The minimum absolute atomic E-state index is 0.363. The summed E-state index contributed by atoms with van der Waals surface area (Å²) in [5, 5.41) is 0. The minimum atomic E-state index is -0.880. The molecule has 0 aliphatic carbocycles. The fourth-order valence-electron chi connectivity index (χ4n) is 1.42. The van der Waals surface area contributed by atoms with Crippen LogP contribution < -0.4 is 11.5 Å². The Hall–Kier alpha value is -2.08. The lowest BCUT2D eigenvalue weighted by Crippen LogP contribution is -2.22. The van der Waals surface area contributed by atoms with Gasteiger partial charge in [-0.15, -0.1) is 0 Å². The molecule has 0 saturated carbocycles. The number of aromatic amines is 1. The second-order valence-electron chi connectivity index (χ2n) is 3.27. The number of H-pyrrole nitrogens is 1. The molecule has 1 unspecified atom stereocenters. The van der Waals surface area contributed by atoms with Crippen LogP contribution in [0.3, 0.4) is 0 Å². The first-order valence-electron chi connectivity index (χ1n) is 4.58. The highest BCUT2D eigenvalue weighted by molar-refractivity contribution is 5.80. The number of carbonyl (C=O) groups excluding carboxylic acids is 1. The number of fused-ring (bicyclic) bond motifs is 1. The maximum Gasteiger partial charge on any atom is 0.417 e. The Morgan fingerprint density at radius 3 is 3.00 bits per heavy atom. The molecule has 0 aliphatic rings. The fraction of sp³-hybridized carbons (Fsp3) is 0.200. The molecule has 0 spiro atoms. The van der Waals surface area contributed by atoms with Gasteiger partial charge in [-0.1, -0.05) is 6.07 Å². The maximum absolute atomic E-state index is 11.2. The van der Waals surface area contributed by atoms with Gasteiger partial charge >= 0.3 is 11.7 Å². The number of oxazole rings is 1. The average Bonchev–Trinajstić information content (AvgIpc) is 2.65. The second kappa shape index (κ2) is 3.82. The molecule has 0 radical (unpaired) electrons. The van der Waals surface area contributed by atoms with Crippen molar-refractivity contribution in [3.8, 4) is 0 Å². The van der Waals surface area contributed by atoms with Crippen LogP contribution in [0.2, 0.25) is 0 Å². The molecule has 1 atom stereocenters. The summed E-state index contributed by atoms with van der Waals surface area (Å²) >= 11 is 0. The molecule has 0 aliphatic heterocycles. The van der Waals surface area contributed by atoms with Crippen molar-refractivity contribution in [3.63, 3.8) is 0 Å². The van der Waals surface area contributed by atoms with E-state index < -0.39 is 17.8 Å². The van der Waals surface area contributed by atoms with Crippen LogP contribution in [0.4, 0.5) is 0 Å². The molecular formula is C10H10N2O4. The smallest absolute Gasteiger partial charge is 0.417 e. The lowest BCUT2D eigenvalue weighted by atomic mass is 10.1. The summed E-state index contributed by atoms with van der Waals surface area (Å²) in [6.45, 7) is 0. The quantitative estimate of drug-likeness (QED) is 0.712. The van der Waals surface area contributed by atoms with Gasteiger partial charge in [0.2, 0.25) is 0 Å². The Morgan fingerprint density at radius 1 is 1.56 bits per heavy atom. The first-order valence-corrected chi connectivity index (χ1v) is 4.58. The number of rotatable bonds is 2. The van der Waals surface area contributed by atoms with Crippen LogP contribution in [0.1, 0.15) is 11.6 Å². The molecule has 84 valence electrons. The van der Waals surface area contributed by atoms with E-state index in [1.54, 1.807) is 12.1 Å². The third-order valence-corrected chi connectivity index (χ3v) is 2.26. The Morgan fingerprint density at radius 2 is 2.31 bits per heavy atom. The highest BCUT2D eigenvalue weighted by Crippen LogP contribution is 2.17. The van der Waals surface area contributed by atoms with Crippen molar-refractivity contribution in [2.24, 2.45) is 5.73 Å². The molecule has 0 fully saturated rings. The number of aromatic nitrogens is 1. The largest absolute Gasteiger partial charge is 0.468 e. The van der Waals surface area contributed by atoms with Gasteiger partial charge < -0.3 is 14.9 Å². The highest BCUT2D eigenvalue weighted by Gasteiger charge is 2.17. The van der Waals surface area contributed by atoms with Gasteiger partial charge in [-0.25, -0.2) is 4.79 Å². The van der Waals surface area contributed by atoms with Gasteiger partial charge in [0.15, 0.2) is 5.58 Å². The minimum Gasteiger partial charge on any atom is -0.468 e. The van der Waals surface area contributed by atoms with Crippen LogP contribution in [0.5, 0.6) is 0 Å². The van der Waals surface area contributed by atoms with Gasteiger partial charge in [-0.2, -0.15) is 0 Å². The standard InChI is InChI=1S/C10H10N2O4/c1-15-9(13)8(11)5-2-3-6-7(4-5)16-10(14)12-6/h2-4,8H,11H2,1H3,(H,12,14). The first kappa shape index (κ1) is 10.4. The van der Waals surface area contributed by atoms with E-state index in [9.17, 15) is 9.59 Å². The number of hydrogen-bond acceptors (Lipinski definition) is 5. The number of nitrogens with one attached hydrogen (secondary N) is 1. The lowest BCUT2D eigenvalue weighted by Gasteiger charge is -2.08. The Labute approximate surface area is 90.0 Å². The molecule has 2 aromatic rings. The number of nitrogens with two attached hydrogens (primary N) is 1. The summed E-state index contributed by atoms with van der Waals surface area (Å²) in [5.41, 5.74) is 7.10. The predicted molar refractivity (Wildman–Crippen MR) is 55.8 cm³/mol. The van der Waals surface area contributed by atoms with Crippen molar-refractivity contribution in [3.05, 3.63) is 34.3 Å². The van der Waals surface area contributed by atoms with Crippen LogP contribution in [-0.4, -0.2) is 18.1 Å². The van der Waals surface area contributed by atoms with Crippen LogP contribution in [0.15, 0.2) is 27.4 Å². The van der Waals surface area contributed by atoms with E-state index in [-0.39, 0.29) is 0 Å². The number of esters is 1. The molecule has 6 nitrogen and oxygen atoms in total. The number of hydrogen-bond donors (Lipinski definition) is 2. The van der Waals surface area contributed by atoms with E-state index in [2.05, 4.69) is 9.72 Å². The molecule has 0 amide bonds. The molecule has 2 rings (SSSR count). The number of carbonyl (C=O) groups is 1. The van der Waals surface area contributed by atoms with Crippen LogP contribution >= 0.6 is 0 Å². The van der Waals surface area contributed by atoms with Gasteiger partial charge in [0, 0.05) is 0 Å². The van der Waals surface area contributed by atoms with E-state index in [0.717, 1.165) is 0 Å². The predicted octanol–water partition coefficient (Wildman–Crippen LogP) is 0.294. The highest BCUT2D eigenvalue weighted by atomic mass is 16.5. The van der Waals surface area contributed by atoms with E-state index in [4.69, 9.17) is 10.2 Å². The Kier molecular flexibility index (Phi) is 2.49. The summed E-state index contributed by atoms with van der Waals surface area (Å²) in [5.74, 6) is -1.09. The van der Waals surface area contributed by atoms with E-state index in [0.29, 0.717) is 16.7 Å².